The number of aryl methyl sites for hydroxylation is 1. The van der Waals surface area contributed by atoms with E-state index in [-0.39, 0.29) is 17.7 Å². The first-order valence-corrected chi connectivity index (χ1v) is 12.9. The molecule has 1 saturated carbocycles. The van der Waals surface area contributed by atoms with Crippen LogP contribution in [0.25, 0.3) is 10.9 Å². The van der Waals surface area contributed by atoms with Crippen molar-refractivity contribution in [2.75, 3.05) is 6.61 Å². The van der Waals surface area contributed by atoms with Gasteiger partial charge in [0, 0.05) is 30.3 Å². The molecule has 1 aliphatic carbocycles. The summed E-state index contributed by atoms with van der Waals surface area (Å²) in [6.07, 6.45) is 9.24. The molecule has 0 spiro atoms. The van der Waals surface area contributed by atoms with Crippen molar-refractivity contribution in [3.8, 4) is 0 Å². The lowest BCUT2D eigenvalue weighted by molar-refractivity contribution is 0.0734. The largest absolute Gasteiger partial charge is 0.376 e. The molecule has 3 aromatic rings. The standard InChI is InChI=1S/C26H36N6O2/c1-3-24(25-28-29-30-32(25)17-22-10-7-13-34-22)31(21-8-5-4-6-9-21)16-20-15-19-14-18(2)11-12-23(19)27-26(20)33/h11-12,14-15,21-22,24H,3-10,13,16-17H2,1-2H3,(H,27,33). The van der Waals surface area contributed by atoms with Crippen molar-refractivity contribution in [2.45, 2.75) is 96.5 Å². The lowest BCUT2D eigenvalue weighted by Gasteiger charge is -2.39. The molecule has 2 unspecified atom stereocenters. The Morgan fingerprint density at radius 1 is 1.18 bits per heavy atom. The van der Waals surface area contributed by atoms with Crippen LogP contribution in [0, 0.1) is 6.92 Å². The predicted molar refractivity (Wildman–Crippen MR) is 132 cm³/mol. The molecule has 2 atom stereocenters. The number of nitrogens with one attached hydrogen (secondary N) is 1. The Morgan fingerprint density at radius 2 is 2.03 bits per heavy atom. The van der Waals surface area contributed by atoms with Gasteiger partial charge in [0.1, 0.15) is 0 Å². The Kier molecular flexibility index (Phi) is 7.06. The van der Waals surface area contributed by atoms with Gasteiger partial charge in [-0.15, -0.1) is 5.10 Å². The van der Waals surface area contributed by atoms with Gasteiger partial charge in [0.25, 0.3) is 5.56 Å². The second-order valence-corrected chi connectivity index (χ2v) is 9.96. The topological polar surface area (TPSA) is 88.9 Å². The van der Waals surface area contributed by atoms with Crippen molar-refractivity contribution in [2.24, 2.45) is 0 Å². The van der Waals surface area contributed by atoms with E-state index in [0.717, 1.165) is 61.0 Å². The number of ether oxygens (including phenoxy) is 1. The highest BCUT2D eigenvalue weighted by Crippen LogP contribution is 2.33. The summed E-state index contributed by atoms with van der Waals surface area (Å²) in [5, 5.41) is 13.9. The summed E-state index contributed by atoms with van der Waals surface area (Å²) in [7, 11) is 0. The number of H-pyrrole nitrogens is 1. The summed E-state index contributed by atoms with van der Waals surface area (Å²) in [4.78, 5) is 18.7. The van der Waals surface area contributed by atoms with Crippen LogP contribution < -0.4 is 5.56 Å². The van der Waals surface area contributed by atoms with E-state index in [2.05, 4.69) is 51.4 Å². The summed E-state index contributed by atoms with van der Waals surface area (Å²) in [6.45, 7) is 6.37. The van der Waals surface area contributed by atoms with Crippen LogP contribution >= 0.6 is 0 Å². The fraction of sp³-hybridized carbons (Fsp3) is 0.615. The van der Waals surface area contributed by atoms with Gasteiger partial charge in [0.2, 0.25) is 0 Å². The molecular formula is C26H36N6O2. The summed E-state index contributed by atoms with van der Waals surface area (Å²) in [5.74, 6) is 0.886. The Bertz CT molecular complexity index is 1160. The Balaban J connectivity index is 1.48. The number of aromatic nitrogens is 5. The van der Waals surface area contributed by atoms with Crippen LogP contribution in [-0.2, 0) is 17.8 Å². The number of tetrazole rings is 1. The second kappa shape index (κ2) is 10.4. The molecule has 1 aromatic carbocycles. The lowest BCUT2D eigenvalue weighted by Crippen LogP contribution is -2.41. The third-order valence-electron chi connectivity index (χ3n) is 7.52. The normalized spacial score (nSPS) is 20.4. The van der Waals surface area contributed by atoms with Crippen molar-refractivity contribution in [1.29, 1.82) is 0 Å². The molecule has 3 heterocycles. The number of hydrogen-bond donors (Lipinski definition) is 1. The molecule has 1 saturated heterocycles. The molecule has 1 aliphatic heterocycles. The molecular weight excluding hydrogens is 428 g/mol. The van der Waals surface area contributed by atoms with Gasteiger partial charge >= 0.3 is 0 Å². The summed E-state index contributed by atoms with van der Waals surface area (Å²) in [5.41, 5.74) is 2.87. The second-order valence-electron chi connectivity index (χ2n) is 9.96. The van der Waals surface area contributed by atoms with Crippen molar-refractivity contribution in [3.63, 3.8) is 0 Å². The maximum atomic E-state index is 13.1. The van der Waals surface area contributed by atoms with E-state index in [0.29, 0.717) is 19.1 Å². The smallest absolute Gasteiger partial charge is 0.252 e. The van der Waals surface area contributed by atoms with Crippen molar-refractivity contribution in [3.05, 3.63) is 51.6 Å². The minimum absolute atomic E-state index is 0.00837. The monoisotopic (exact) mass is 464 g/mol. The summed E-state index contributed by atoms with van der Waals surface area (Å²) < 4.78 is 7.80. The minimum Gasteiger partial charge on any atom is -0.376 e. The van der Waals surface area contributed by atoms with Gasteiger partial charge in [-0.2, -0.15) is 0 Å². The van der Waals surface area contributed by atoms with E-state index in [1.165, 1.54) is 24.8 Å². The minimum atomic E-state index is -0.00837. The highest BCUT2D eigenvalue weighted by atomic mass is 16.5. The van der Waals surface area contributed by atoms with Crippen LogP contribution in [0.1, 0.15) is 81.3 Å². The quantitative estimate of drug-likeness (QED) is 0.535. The van der Waals surface area contributed by atoms with Gasteiger partial charge < -0.3 is 9.72 Å². The number of rotatable bonds is 8. The van der Waals surface area contributed by atoms with Crippen LogP contribution in [0.3, 0.4) is 0 Å². The molecule has 8 heteroatoms. The molecule has 8 nitrogen and oxygen atoms in total. The van der Waals surface area contributed by atoms with E-state index in [1.54, 1.807) is 0 Å². The lowest BCUT2D eigenvalue weighted by atomic mass is 9.92. The van der Waals surface area contributed by atoms with Gasteiger partial charge in [-0.25, -0.2) is 4.68 Å². The van der Waals surface area contributed by atoms with E-state index in [4.69, 9.17) is 4.74 Å². The molecule has 2 aliphatic rings. The fourth-order valence-electron chi connectivity index (χ4n) is 5.72. The summed E-state index contributed by atoms with van der Waals surface area (Å²) >= 11 is 0. The van der Waals surface area contributed by atoms with E-state index in [9.17, 15) is 4.79 Å². The number of pyridine rings is 1. The SMILES string of the molecule is CCC(c1nnnn1CC1CCCO1)N(Cc1cc2cc(C)ccc2[nH]c1=O)C1CCCCC1. The van der Waals surface area contributed by atoms with E-state index in [1.807, 2.05) is 16.8 Å². The van der Waals surface area contributed by atoms with E-state index >= 15 is 0 Å². The van der Waals surface area contributed by atoms with Crippen LogP contribution in [-0.4, -0.2) is 48.8 Å². The Hall–Kier alpha value is -2.58. The van der Waals surface area contributed by atoms with Gasteiger partial charge in [0.15, 0.2) is 5.82 Å². The van der Waals surface area contributed by atoms with Crippen LogP contribution in [0.5, 0.6) is 0 Å². The highest BCUT2D eigenvalue weighted by molar-refractivity contribution is 5.79. The molecule has 1 N–H and O–H groups in total. The van der Waals surface area contributed by atoms with E-state index < -0.39 is 0 Å². The van der Waals surface area contributed by atoms with Crippen LogP contribution in [0.2, 0.25) is 0 Å². The molecule has 0 bridgehead atoms. The molecule has 2 fully saturated rings. The third kappa shape index (κ3) is 4.93. The fourth-order valence-corrected chi connectivity index (χ4v) is 5.72. The zero-order valence-corrected chi connectivity index (χ0v) is 20.4. The van der Waals surface area contributed by atoms with Crippen molar-refractivity contribution < 1.29 is 4.74 Å². The Labute approximate surface area is 200 Å². The maximum absolute atomic E-state index is 13.1. The van der Waals surface area contributed by atoms with Gasteiger partial charge in [0.05, 0.1) is 18.7 Å². The molecule has 0 amide bonds. The number of aromatic amines is 1. The third-order valence-corrected chi connectivity index (χ3v) is 7.52. The molecule has 0 radical (unpaired) electrons. The van der Waals surface area contributed by atoms with Crippen molar-refractivity contribution >= 4 is 10.9 Å². The maximum Gasteiger partial charge on any atom is 0.252 e. The van der Waals surface area contributed by atoms with Gasteiger partial charge in [-0.05, 0) is 73.0 Å². The van der Waals surface area contributed by atoms with Gasteiger partial charge in [-0.3, -0.25) is 9.69 Å². The zero-order chi connectivity index (χ0) is 23.5. The number of hydrogen-bond acceptors (Lipinski definition) is 6. The van der Waals surface area contributed by atoms with Crippen molar-refractivity contribution in [1.82, 2.24) is 30.1 Å². The molecule has 5 rings (SSSR count). The first-order chi connectivity index (χ1) is 16.6. The van der Waals surface area contributed by atoms with Crippen LogP contribution in [0.4, 0.5) is 0 Å². The number of benzene rings is 1. The molecule has 34 heavy (non-hydrogen) atoms. The predicted octanol–water partition coefficient (Wildman–Crippen LogP) is 4.29. The van der Waals surface area contributed by atoms with Gasteiger partial charge in [-0.1, -0.05) is 37.8 Å². The molecule has 182 valence electrons. The summed E-state index contributed by atoms with van der Waals surface area (Å²) in [6, 6.07) is 8.69. The number of nitrogens with zero attached hydrogens (tertiary/aromatic N) is 5. The average Bonchev–Trinajstić information content (AvgIpc) is 3.53. The average molecular weight is 465 g/mol. The zero-order valence-electron chi connectivity index (χ0n) is 20.4. The first-order valence-electron chi connectivity index (χ1n) is 12.9. The van der Waals surface area contributed by atoms with Crippen LogP contribution in [0.15, 0.2) is 29.1 Å². The Morgan fingerprint density at radius 3 is 2.79 bits per heavy atom. The first kappa shape index (κ1) is 23.2. The number of fused-ring (bicyclic) bond motifs is 1. The highest BCUT2D eigenvalue weighted by Gasteiger charge is 2.32. The molecule has 2 aromatic heterocycles.